The number of sulfonamides is 1. The molecule has 1 N–H and O–H groups in total. The van der Waals surface area contributed by atoms with Gasteiger partial charge in [0.05, 0.1) is 5.75 Å². The lowest BCUT2D eigenvalue weighted by atomic mass is 10.1. The molecule has 3 nitrogen and oxygen atoms in total. The van der Waals surface area contributed by atoms with Gasteiger partial charge in [0.1, 0.15) is 0 Å². The second-order valence-corrected chi connectivity index (χ2v) is 5.78. The maximum Gasteiger partial charge on any atom is 0.211 e. The van der Waals surface area contributed by atoms with E-state index < -0.39 is 10.0 Å². The predicted octanol–water partition coefficient (Wildman–Crippen LogP) is 2.34. The first-order valence-electron chi connectivity index (χ1n) is 4.70. The van der Waals surface area contributed by atoms with Gasteiger partial charge in [0.2, 0.25) is 10.0 Å². The molecule has 0 fully saturated rings. The molecular weight excluding hydrogens is 234 g/mol. The van der Waals surface area contributed by atoms with Crippen LogP contribution in [0.15, 0.2) is 24.3 Å². The van der Waals surface area contributed by atoms with E-state index in [1.807, 2.05) is 6.07 Å². The zero-order valence-corrected chi connectivity index (χ0v) is 10.3. The molecule has 1 atom stereocenters. The summed E-state index contributed by atoms with van der Waals surface area (Å²) in [5.74, 6) is 0.0813. The molecular formula is C10H14ClNO2S. The summed E-state index contributed by atoms with van der Waals surface area (Å²) in [5.41, 5.74) is 0.861. The molecule has 0 unspecified atom stereocenters. The summed E-state index contributed by atoms with van der Waals surface area (Å²) in [6, 6.07) is 6.90. The van der Waals surface area contributed by atoms with Crippen LogP contribution in [0.3, 0.4) is 0 Å². The van der Waals surface area contributed by atoms with E-state index in [0.29, 0.717) is 5.02 Å². The van der Waals surface area contributed by atoms with Crippen molar-refractivity contribution in [2.24, 2.45) is 0 Å². The molecule has 1 aromatic carbocycles. The molecule has 1 aromatic rings. The van der Waals surface area contributed by atoms with Crippen molar-refractivity contribution in [2.45, 2.75) is 19.9 Å². The standard InChI is InChI=1S/C10H14ClNO2S/c1-3-15(13,14)12-8(2)9-5-4-6-10(11)7-9/h4-8,12H,3H2,1-2H3/t8-/m1/s1. The van der Waals surface area contributed by atoms with E-state index in [0.717, 1.165) is 5.56 Å². The highest BCUT2D eigenvalue weighted by molar-refractivity contribution is 7.89. The van der Waals surface area contributed by atoms with Gasteiger partial charge < -0.3 is 0 Å². The minimum Gasteiger partial charge on any atom is -0.212 e. The second-order valence-electron chi connectivity index (χ2n) is 3.30. The first-order valence-corrected chi connectivity index (χ1v) is 6.73. The van der Waals surface area contributed by atoms with Crippen LogP contribution in [0.25, 0.3) is 0 Å². The first-order chi connectivity index (χ1) is 6.94. The van der Waals surface area contributed by atoms with Crippen LogP contribution in [0, 0.1) is 0 Å². The van der Waals surface area contributed by atoms with Crippen molar-refractivity contribution < 1.29 is 8.42 Å². The van der Waals surface area contributed by atoms with Crippen LogP contribution in [0.5, 0.6) is 0 Å². The monoisotopic (exact) mass is 247 g/mol. The molecule has 0 saturated carbocycles. The van der Waals surface area contributed by atoms with Gasteiger partial charge in [-0.05, 0) is 31.5 Å². The molecule has 84 valence electrons. The van der Waals surface area contributed by atoms with E-state index in [2.05, 4.69) is 4.72 Å². The van der Waals surface area contributed by atoms with Gasteiger partial charge in [-0.2, -0.15) is 0 Å². The summed E-state index contributed by atoms with van der Waals surface area (Å²) in [6.07, 6.45) is 0. The van der Waals surface area contributed by atoms with Crippen LogP contribution >= 0.6 is 11.6 Å². The Morgan fingerprint density at radius 2 is 2.13 bits per heavy atom. The number of hydrogen-bond donors (Lipinski definition) is 1. The van der Waals surface area contributed by atoms with Crippen LogP contribution in [-0.4, -0.2) is 14.2 Å². The maximum absolute atomic E-state index is 11.3. The molecule has 0 radical (unpaired) electrons. The van der Waals surface area contributed by atoms with Gasteiger partial charge >= 0.3 is 0 Å². The molecule has 0 spiro atoms. The van der Waals surface area contributed by atoms with E-state index in [-0.39, 0.29) is 11.8 Å². The molecule has 0 heterocycles. The van der Waals surface area contributed by atoms with Crippen LogP contribution < -0.4 is 4.72 Å². The molecule has 0 aromatic heterocycles. The third-order valence-corrected chi connectivity index (χ3v) is 3.79. The Morgan fingerprint density at radius 3 is 2.67 bits per heavy atom. The molecule has 0 saturated heterocycles. The van der Waals surface area contributed by atoms with Crippen molar-refractivity contribution >= 4 is 21.6 Å². The highest BCUT2D eigenvalue weighted by Gasteiger charge is 2.13. The Labute approximate surface area is 95.5 Å². The van der Waals surface area contributed by atoms with Gasteiger partial charge in [0, 0.05) is 11.1 Å². The SMILES string of the molecule is CCS(=O)(=O)N[C@H](C)c1cccc(Cl)c1. The maximum atomic E-state index is 11.3. The van der Waals surface area contributed by atoms with Gasteiger partial charge in [-0.1, -0.05) is 23.7 Å². The number of rotatable bonds is 4. The summed E-state index contributed by atoms with van der Waals surface area (Å²) in [6.45, 7) is 3.39. The fraction of sp³-hybridized carbons (Fsp3) is 0.400. The quantitative estimate of drug-likeness (QED) is 0.888. The van der Waals surface area contributed by atoms with Crippen LogP contribution in [0.2, 0.25) is 5.02 Å². The summed E-state index contributed by atoms with van der Waals surface area (Å²) in [4.78, 5) is 0. The fourth-order valence-electron chi connectivity index (χ4n) is 1.20. The first kappa shape index (κ1) is 12.5. The Morgan fingerprint density at radius 1 is 1.47 bits per heavy atom. The van der Waals surface area contributed by atoms with E-state index >= 15 is 0 Å². The third-order valence-electron chi connectivity index (χ3n) is 2.09. The summed E-state index contributed by atoms with van der Waals surface area (Å²) in [5, 5.41) is 0.607. The predicted molar refractivity (Wildman–Crippen MR) is 62.5 cm³/mol. The molecule has 0 bridgehead atoms. The second kappa shape index (κ2) is 4.96. The minimum absolute atomic E-state index is 0.0813. The molecule has 5 heteroatoms. The average Bonchev–Trinajstić information content (AvgIpc) is 2.17. The molecule has 0 amide bonds. The zero-order chi connectivity index (χ0) is 11.5. The third kappa shape index (κ3) is 3.81. The summed E-state index contributed by atoms with van der Waals surface area (Å²) in [7, 11) is -3.17. The van der Waals surface area contributed by atoms with Crippen molar-refractivity contribution in [1.29, 1.82) is 0 Å². The topological polar surface area (TPSA) is 46.2 Å². The molecule has 0 aliphatic carbocycles. The molecule has 15 heavy (non-hydrogen) atoms. The highest BCUT2D eigenvalue weighted by Crippen LogP contribution is 2.17. The number of halogens is 1. The van der Waals surface area contributed by atoms with E-state index in [9.17, 15) is 8.42 Å². The van der Waals surface area contributed by atoms with Gasteiger partial charge in [-0.15, -0.1) is 0 Å². The smallest absolute Gasteiger partial charge is 0.211 e. The Bertz CT molecular complexity index is 431. The summed E-state index contributed by atoms with van der Waals surface area (Å²) < 4.78 is 25.2. The van der Waals surface area contributed by atoms with Gasteiger partial charge in [0.15, 0.2) is 0 Å². The number of nitrogens with one attached hydrogen (secondary N) is 1. The fourth-order valence-corrected chi connectivity index (χ4v) is 2.24. The van der Waals surface area contributed by atoms with Crippen molar-refractivity contribution in [3.8, 4) is 0 Å². The lowest BCUT2D eigenvalue weighted by molar-refractivity contribution is 0.568. The number of benzene rings is 1. The largest absolute Gasteiger partial charge is 0.212 e. The molecule has 1 rings (SSSR count). The van der Waals surface area contributed by atoms with Crippen molar-refractivity contribution in [2.75, 3.05) is 5.75 Å². The van der Waals surface area contributed by atoms with Crippen LogP contribution in [-0.2, 0) is 10.0 Å². The lowest BCUT2D eigenvalue weighted by Crippen LogP contribution is -2.28. The van der Waals surface area contributed by atoms with E-state index in [4.69, 9.17) is 11.6 Å². The van der Waals surface area contributed by atoms with E-state index in [1.165, 1.54) is 0 Å². The van der Waals surface area contributed by atoms with Gasteiger partial charge in [0.25, 0.3) is 0 Å². The van der Waals surface area contributed by atoms with Crippen molar-refractivity contribution in [3.05, 3.63) is 34.9 Å². The van der Waals surface area contributed by atoms with E-state index in [1.54, 1.807) is 32.0 Å². The normalized spacial score (nSPS) is 13.8. The van der Waals surface area contributed by atoms with Gasteiger partial charge in [-0.3, -0.25) is 0 Å². The molecule has 0 aliphatic heterocycles. The van der Waals surface area contributed by atoms with Gasteiger partial charge in [-0.25, -0.2) is 13.1 Å². The van der Waals surface area contributed by atoms with Crippen LogP contribution in [0.4, 0.5) is 0 Å². The van der Waals surface area contributed by atoms with Crippen molar-refractivity contribution in [1.82, 2.24) is 4.72 Å². The zero-order valence-electron chi connectivity index (χ0n) is 8.70. The number of hydrogen-bond acceptors (Lipinski definition) is 2. The minimum atomic E-state index is -3.17. The summed E-state index contributed by atoms with van der Waals surface area (Å²) >= 11 is 5.82. The average molecular weight is 248 g/mol. The molecule has 0 aliphatic rings. The van der Waals surface area contributed by atoms with Crippen LogP contribution in [0.1, 0.15) is 25.5 Å². The highest BCUT2D eigenvalue weighted by atomic mass is 35.5. The Balaban J connectivity index is 2.82. The lowest BCUT2D eigenvalue weighted by Gasteiger charge is -2.13. The Hall–Kier alpha value is -0.580. The van der Waals surface area contributed by atoms with Crippen molar-refractivity contribution in [3.63, 3.8) is 0 Å². The Kier molecular flexibility index (Phi) is 4.13.